The average molecular weight is 784 g/mol. The Kier molecular flexibility index (Phi) is 7.89. The van der Waals surface area contributed by atoms with E-state index in [0.717, 1.165) is 17.8 Å². The maximum Gasteiger partial charge on any atom is 0.0465 e. The molecule has 0 N–H and O–H groups in total. The summed E-state index contributed by atoms with van der Waals surface area (Å²) >= 11 is 1.95. The van der Waals surface area contributed by atoms with Gasteiger partial charge in [0.2, 0.25) is 0 Å². The molecule has 0 fully saturated rings. The molecule has 10 aromatic carbocycles. The zero-order valence-electron chi connectivity index (χ0n) is 33.6. The van der Waals surface area contributed by atoms with Gasteiger partial charge in [0.25, 0.3) is 0 Å². The Bertz CT molecular complexity index is 3410. The number of para-hydroxylation sites is 2. The zero-order chi connectivity index (χ0) is 40.0. The molecule has 0 radical (unpaired) electrons. The van der Waals surface area contributed by atoms with Gasteiger partial charge in [0.05, 0.1) is 0 Å². The smallest absolute Gasteiger partial charge is 0.0465 e. The van der Waals surface area contributed by atoms with Crippen molar-refractivity contribution in [3.63, 3.8) is 0 Å². The minimum Gasteiger partial charge on any atom is -0.310 e. The van der Waals surface area contributed by atoms with E-state index < -0.39 is 0 Å². The van der Waals surface area contributed by atoms with Gasteiger partial charge >= 0.3 is 0 Å². The Balaban J connectivity index is 1.06. The van der Waals surface area contributed by atoms with Gasteiger partial charge < -0.3 is 4.90 Å². The molecular formula is C58H41NS. The van der Waals surface area contributed by atoms with Gasteiger partial charge in [-0.3, -0.25) is 0 Å². The van der Waals surface area contributed by atoms with Crippen LogP contribution in [0, 0.1) is 0 Å². The SMILES string of the molecule is CC1(C)c2cc(N(c3ccccc3)c3ccccc3)ccc2-c2c1c1cccc3c4c5ccc(/C=C(/Cc6ccccc6)c6ccccc6)cc5sc4c4cccc2c4c13. The quantitative estimate of drug-likeness (QED) is 0.115. The summed E-state index contributed by atoms with van der Waals surface area (Å²) in [6.45, 7) is 4.87. The van der Waals surface area contributed by atoms with E-state index in [1.165, 1.54) is 103 Å². The van der Waals surface area contributed by atoms with Crippen LogP contribution in [-0.2, 0) is 11.8 Å². The van der Waals surface area contributed by atoms with E-state index in [1.807, 2.05) is 11.3 Å². The molecule has 2 heteroatoms. The van der Waals surface area contributed by atoms with Crippen LogP contribution in [0.1, 0.15) is 41.7 Å². The molecule has 284 valence electrons. The summed E-state index contributed by atoms with van der Waals surface area (Å²) < 4.78 is 2.70. The zero-order valence-corrected chi connectivity index (χ0v) is 34.4. The lowest BCUT2D eigenvalue weighted by atomic mass is 9.78. The maximum atomic E-state index is 2.46. The highest BCUT2D eigenvalue weighted by molar-refractivity contribution is 7.27. The number of nitrogens with zero attached hydrogens (tertiary/aromatic N) is 1. The van der Waals surface area contributed by atoms with Crippen LogP contribution in [0.2, 0.25) is 0 Å². The molecule has 60 heavy (non-hydrogen) atoms. The van der Waals surface area contributed by atoms with Crippen LogP contribution in [0.15, 0.2) is 194 Å². The summed E-state index contributed by atoms with van der Waals surface area (Å²) in [4.78, 5) is 2.38. The second-order valence-corrected chi connectivity index (χ2v) is 17.9. The molecule has 1 aliphatic carbocycles. The Labute approximate surface area is 354 Å². The minimum absolute atomic E-state index is 0.225. The predicted molar refractivity (Wildman–Crippen MR) is 260 cm³/mol. The second kappa shape index (κ2) is 13.5. The molecule has 0 saturated heterocycles. The van der Waals surface area contributed by atoms with Gasteiger partial charge in [-0.1, -0.05) is 172 Å². The molecule has 1 aliphatic rings. The maximum absolute atomic E-state index is 2.46. The first-order valence-electron chi connectivity index (χ1n) is 21.0. The average Bonchev–Trinajstić information content (AvgIpc) is 3.79. The highest BCUT2D eigenvalue weighted by atomic mass is 32.1. The Hall–Kier alpha value is -7.00. The van der Waals surface area contributed by atoms with Crippen LogP contribution in [0.4, 0.5) is 17.1 Å². The molecule has 1 heterocycles. The number of fused-ring (bicyclic) bond motifs is 10. The summed E-state index contributed by atoms with van der Waals surface area (Å²) in [5.74, 6) is 0. The van der Waals surface area contributed by atoms with E-state index in [-0.39, 0.29) is 5.41 Å². The Morgan fingerprint density at radius 1 is 0.517 bits per heavy atom. The molecule has 0 aliphatic heterocycles. The molecule has 0 unspecified atom stereocenters. The van der Waals surface area contributed by atoms with Crippen molar-refractivity contribution < 1.29 is 0 Å². The van der Waals surface area contributed by atoms with Crippen molar-refractivity contribution in [3.05, 3.63) is 222 Å². The summed E-state index contributed by atoms with van der Waals surface area (Å²) in [7, 11) is 0. The van der Waals surface area contributed by atoms with Crippen LogP contribution in [0.5, 0.6) is 0 Å². The van der Waals surface area contributed by atoms with E-state index in [9.17, 15) is 0 Å². The lowest BCUT2D eigenvalue weighted by Gasteiger charge is -2.28. The summed E-state index contributed by atoms with van der Waals surface area (Å²) in [5, 5.41) is 10.9. The topological polar surface area (TPSA) is 3.24 Å². The van der Waals surface area contributed by atoms with E-state index in [2.05, 4.69) is 219 Å². The van der Waals surface area contributed by atoms with Crippen molar-refractivity contribution in [3.8, 4) is 11.1 Å². The van der Waals surface area contributed by atoms with Gasteiger partial charge in [-0.05, 0) is 120 Å². The van der Waals surface area contributed by atoms with E-state index in [0.29, 0.717) is 0 Å². The lowest BCUT2D eigenvalue weighted by Crippen LogP contribution is -2.17. The summed E-state index contributed by atoms with van der Waals surface area (Å²) in [6.07, 6.45) is 3.28. The number of hydrogen-bond donors (Lipinski definition) is 0. The van der Waals surface area contributed by atoms with Crippen molar-refractivity contribution in [2.75, 3.05) is 4.90 Å². The molecule has 12 rings (SSSR count). The Morgan fingerprint density at radius 3 is 1.85 bits per heavy atom. The number of thiophene rings is 1. The lowest BCUT2D eigenvalue weighted by molar-refractivity contribution is 0.666. The molecule has 0 atom stereocenters. The van der Waals surface area contributed by atoms with Crippen LogP contribution in [0.3, 0.4) is 0 Å². The van der Waals surface area contributed by atoms with Crippen molar-refractivity contribution in [2.24, 2.45) is 0 Å². The van der Waals surface area contributed by atoms with Gasteiger partial charge in [0.15, 0.2) is 0 Å². The first kappa shape index (κ1) is 35.0. The van der Waals surface area contributed by atoms with Crippen molar-refractivity contribution >= 4 is 92.5 Å². The van der Waals surface area contributed by atoms with Crippen LogP contribution < -0.4 is 4.90 Å². The fraction of sp³-hybridized carbons (Fsp3) is 0.0690. The molecule has 11 aromatic rings. The first-order chi connectivity index (χ1) is 29.5. The highest BCUT2D eigenvalue weighted by Gasteiger charge is 2.40. The summed E-state index contributed by atoms with van der Waals surface area (Å²) in [5.41, 5.74) is 13.9. The molecule has 0 spiro atoms. The van der Waals surface area contributed by atoms with Crippen molar-refractivity contribution in [1.29, 1.82) is 0 Å². The minimum atomic E-state index is -0.225. The number of anilines is 3. The Morgan fingerprint density at radius 2 is 1.13 bits per heavy atom. The van der Waals surface area contributed by atoms with Gasteiger partial charge in [-0.25, -0.2) is 0 Å². The monoisotopic (exact) mass is 783 g/mol. The van der Waals surface area contributed by atoms with Gasteiger partial charge in [-0.15, -0.1) is 11.3 Å². The second-order valence-electron chi connectivity index (χ2n) is 16.8. The molecule has 1 nitrogen and oxygen atoms in total. The normalized spacial score (nSPS) is 13.5. The van der Waals surface area contributed by atoms with Gasteiger partial charge in [0.1, 0.15) is 0 Å². The van der Waals surface area contributed by atoms with Crippen molar-refractivity contribution in [2.45, 2.75) is 25.7 Å². The van der Waals surface area contributed by atoms with Crippen LogP contribution in [-0.4, -0.2) is 0 Å². The predicted octanol–water partition coefficient (Wildman–Crippen LogP) is 16.5. The fourth-order valence-electron chi connectivity index (χ4n) is 10.4. The van der Waals surface area contributed by atoms with Gasteiger partial charge in [-0.2, -0.15) is 0 Å². The summed E-state index contributed by atoms with van der Waals surface area (Å²) in [6, 6.07) is 71.6. The van der Waals surface area contributed by atoms with E-state index >= 15 is 0 Å². The van der Waals surface area contributed by atoms with E-state index in [1.54, 1.807) is 0 Å². The van der Waals surface area contributed by atoms with Crippen LogP contribution in [0.25, 0.3) is 75.3 Å². The standard InChI is InChI=1S/C58H41NS/c1-58(2)50-36-43(59(41-21-11-5-12-22-41)42-23-13-6-14-24-42)30-32-44(50)54-46-25-16-28-49-53(46)52-47(26-15-27-48(52)56(54)58)55-45-31-29-38(35-51(45)60-57(49)55)34-40(39-19-9-4-10-20-39)33-37-17-7-3-8-18-37/h3-32,34-36H,33H2,1-2H3/b40-34-. The molecule has 0 amide bonds. The third kappa shape index (κ3) is 5.31. The van der Waals surface area contributed by atoms with E-state index in [4.69, 9.17) is 0 Å². The fourth-order valence-corrected chi connectivity index (χ4v) is 11.7. The van der Waals surface area contributed by atoms with Gasteiger partial charge in [0, 0.05) is 48.0 Å². The number of hydrogen-bond acceptors (Lipinski definition) is 2. The molecule has 0 bridgehead atoms. The number of allylic oxidation sites excluding steroid dienone is 1. The number of rotatable bonds is 7. The molecular weight excluding hydrogens is 743 g/mol. The van der Waals surface area contributed by atoms with Crippen LogP contribution >= 0.6 is 11.3 Å². The third-order valence-electron chi connectivity index (χ3n) is 13.0. The molecule has 1 aromatic heterocycles. The number of benzene rings is 10. The highest BCUT2D eigenvalue weighted by Crippen LogP contribution is 2.58. The molecule has 0 saturated carbocycles. The largest absolute Gasteiger partial charge is 0.310 e. The third-order valence-corrected chi connectivity index (χ3v) is 14.2. The van der Waals surface area contributed by atoms with Crippen molar-refractivity contribution in [1.82, 2.24) is 0 Å². The first-order valence-corrected chi connectivity index (χ1v) is 21.8.